The predicted molar refractivity (Wildman–Crippen MR) is 70.6 cm³/mol. The fraction of sp³-hybridized carbons (Fsp3) is 0.400. The maximum absolute atomic E-state index is 2.41. The molecule has 0 unspecified atom stereocenters. The van der Waals surface area contributed by atoms with Crippen LogP contribution in [0.4, 0.5) is 0 Å². The molecule has 66 valence electrons. The van der Waals surface area contributed by atoms with Crippen LogP contribution >= 0.6 is 45.2 Å². The minimum absolute atomic E-state index is 0.265. The standard InChI is InChI=1S/C10H12I2/c1-10(2,3)8-5-4-7(11)6-9(8)12/h4-6H,1-3H3. The van der Waals surface area contributed by atoms with Gasteiger partial charge in [0.1, 0.15) is 0 Å². The van der Waals surface area contributed by atoms with Gasteiger partial charge in [-0.05, 0) is 68.3 Å². The number of hydrogen-bond acceptors (Lipinski definition) is 0. The van der Waals surface area contributed by atoms with Crippen LogP contribution in [0.5, 0.6) is 0 Å². The Labute approximate surface area is 101 Å². The highest BCUT2D eigenvalue weighted by Gasteiger charge is 2.16. The Hall–Kier alpha value is 0.680. The van der Waals surface area contributed by atoms with Crippen LogP contribution in [0, 0.1) is 7.14 Å². The molecule has 0 aliphatic carbocycles. The van der Waals surface area contributed by atoms with Gasteiger partial charge in [-0.3, -0.25) is 0 Å². The van der Waals surface area contributed by atoms with Crippen molar-refractivity contribution in [2.24, 2.45) is 0 Å². The van der Waals surface area contributed by atoms with Crippen molar-refractivity contribution in [1.82, 2.24) is 0 Å². The molecule has 0 heterocycles. The quantitative estimate of drug-likeness (QED) is 0.587. The van der Waals surface area contributed by atoms with E-state index in [0.29, 0.717) is 0 Å². The summed E-state index contributed by atoms with van der Waals surface area (Å²) >= 11 is 4.75. The van der Waals surface area contributed by atoms with E-state index in [0.717, 1.165) is 0 Å². The third kappa shape index (κ3) is 2.58. The Bertz CT molecular complexity index is 284. The second kappa shape index (κ2) is 3.82. The van der Waals surface area contributed by atoms with E-state index in [-0.39, 0.29) is 5.41 Å². The fourth-order valence-corrected chi connectivity index (χ4v) is 3.51. The van der Waals surface area contributed by atoms with E-state index >= 15 is 0 Å². The topological polar surface area (TPSA) is 0 Å². The zero-order valence-electron chi connectivity index (χ0n) is 7.49. The monoisotopic (exact) mass is 386 g/mol. The van der Waals surface area contributed by atoms with Gasteiger partial charge in [-0.25, -0.2) is 0 Å². The van der Waals surface area contributed by atoms with E-state index in [1.54, 1.807) is 0 Å². The van der Waals surface area contributed by atoms with Crippen molar-refractivity contribution in [2.75, 3.05) is 0 Å². The third-order valence-corrected chi connectivity index (χ3v) is 3.30. The lowest BCUT2D eigenvalue weighted by molar-refractivity contribution is 0.586. The largest absolute Gasteiger partial charge is 0.0564 e. The maximum Gasteiger partial charge on any atom is 0.0178 e. The summed E-state index contributed by atoms with van der Waals surface area (Å²) in [6.07, 6.45) is 0. The Morgan fingerprint density at radius 2 is 1.67 bits per heavy atom. The molecule has 0 atom stereocenters. The fourth-order valence-electron chi connectivity index (χ4n) is 1.10. The Morgan fingerprint density at radius 3 is 2.08 bits per heavy atom. The summed E-state index contributed by atoms with van der Waals surface area (Å²) in [4.78, 5) is 0. The van der Waals surface area contributed by atoms with Gasteiger partial charge in [0.2, 0.25) is 0 Å². The molecule has 1 rings (SSSR count). The van der Waals surface area contributed by atoms with Gasteiger partial charge in [0.25, 0.3) is 0 Å². The van der Waals surface area contributed by atoms with Crippen LogP contribution in [0.1, 0.15) is 26.3 Å². The molecule has 0 aliphatic rings. The lowest BCUT2D eigenvalue weighted by Gasteiger charge is -2.20. The van der Waals surface area contributed by atoms with Crippen LogP contribution in [0.3, 0.4) is 0 Å². The molecule has 12 heavy (non-hydrogen) atoms. The Morgan fingerprint density at radius 1 is 1.08 bits per heavy atom. The lowest BCUT2D eigenvalue weighted by Crippen LogP contribution is -2.12. The van der Waals surface area contributed by atoms with Gasteiger partial charge in [0, 0.05) is 7.14 Å². The van der Waals surface area contributed by atoms with E-state index in [1.165, 1.54) is 12.7 Å². The molecule has 0 nitrogen and oxygen atoms in total. The summed E-state index contributed by atoms with van der Waals surface area (Å²) in [7, 11) is 0. The van der Waals surface area contributed by atoms with Crippen LogP contribution in [-0.2, 0) is 5.41 Å². The molecule has 0 radical (unpaired) electrons. The van der Waals surface area contributed by atoms with Crippen LogP contribution in [0.2, 0.25) is 0 Å². The van der Waals surface area contributed by atoms with E-state index < -0.39 is 0 Å². The van der Waals surface area contributed by atoms with Crippen LogP contribution in [0.15, 0.2) is 18.2 Å². The molecule has 1 aromatic rings. The smallest absolute Gasteiger partial charge is 0.0178 e. The Kier molecular flexibility index (Phi) is 3.42. The van der Waals surface area contributed by atoms with Crippen molar-refractivity contribution < 1.29 is 0 Å². The molecule has 0 aromatic heterocycles. The summed E-state index contributed by atoms with van der Waals surface area (Å²) in [6.45, 7) is 6.74. The molecule has 0 amide bonds. The highest BCUT2D eigenvalue weighted by Crippen LogP contribution is 2.27. The summed E-state index contributed by atoms with van der Waals surface area (Å²) < 4.78 is 2.68. The first-order valence-corrected chi connectivity index (χ1v) is 6.02. The molecule has 0 saturated carbocycles. The third-order valence-electron chi connectivity index (χ3n) is 1.74. The highest BCUT2D eigenvalue weighted by atomic mass is 127. The summed E-state index contributed by atoms with van der Waals surface area (Å²) in [5.41, 5.74) is 1.70. The predicted octanol–water partition coefficient (Wildman–Crippen LogP) is 4.19. The van der Waals surface area contributed by atoms with Crippen LogP contribution in [0.25, 0.3) is 0 Å². The lowest BCUT2D eigenvalue weighted by atomic mass is 9.87. The van der Waals surface area contributed by atoms with E-state index in [2.05, 4.69) is 84.2 Å². The van der Waals surface area contributed by atoms with Gasteiger partial charge >= 0.3 is 0 Å². The second-order valence-electron chi connectivity index (χ2n) is 3.87. The molecule has 0 spiro atoms. The van der Waals surface area contributed by atoms with E-state index in [4.69, 9.17) is 0 Å². The second-order valence-corrected chi connectivity index (χ2v) is 6.28. The zero-order chi connectivity index (χ0) is 9.35. The SMILES string of the molecule is CC(C)(C)c1ccc(I)cc1I. The molecular formula is C10H12I2. The van der Waals surface area contributed by atoms with Gasteiger partial charge in [0.05, 0.1) is 0 Å². The highest BCUT2D eigenvalue weighted by molar-refractivity contribution is 14.1. The molecule has 0 N–H and O–H groups in total. The molecule has 0 saturated heterocycles. The average molecular weight is 386 g/mol. The average Bonchev–Trinajstić information content (AvgIpc) is 1.83. The number of hydrogen-bond donors (Lipinski definition) is 0. The van der Waals surface area contributed by atoms with Gasteiger partial charge < -0.3 is 0 Å². The molecular weight excluding hydrogens is 374 g/mol. The minimum Gasteiger partial charge on any atom is -0.0564 e. The summed E-state index contributed by atoms with van der Waals surface area (Å²) in [5.74, 6) is 0. The maximum atomic E-state index is 2.41. The number of benzene rings is 1. The van der Waals surface area contributed by atoms with Crippen LogP contribution < -0.4 is 0 Å². The molecule has 1 aromatic carbocycles. The molecule has 2 heteroatoms. The van der Waals surface area contributed by atoms with E-state index in [1.807, 2.05) is 0 Å². The van der Waals surface area contributed by atoms with Crippen LogP contribution in [-0.4, -0.2) is 0 Å². The van der Waals surface area contributed by atoms with E-state index in [9.17, 15) is 0 Å². The van der Waals surface area contributed by atoms with Gasteiger partial charge in [-0.2, -0.15) is 0 Å². The summed E-state index contributed by atoms with van der Waals surface area (Å²) in [5, 5.41) is 0. The van der Waals surface area contributed by atoms with Crippen molar-refractivity contribution >= 4 is 45.2 Å². The first-order valence-electron chi connectivity index (χ1n) is 3.87. The van der Waals surface area contributed by atoms with Crippen molar-refractivity contribution in [1.29, 1.82) is 0 Å². The molecule has 0 aliphatic heterocycles. The van der Waals surface area contributed by atoms with Gasteiger partial charge in [0.15, 0.2) is 0 Å². The van der Waals surface area contributed by atoms with Crippen molar-refractivity contribution in [2.45, 2.75) is 26.2 Å². The number of rotatable bonds is 0. The van der Waals surface area contributed by atoms with Crippen molar-refractivity contribution in [3.63, 3.8) is 0 Å². The van der Waals surface area contributed by atoms with Gasteiger partial charge in [-0.15, -0.1) is 0 Å². The Balaban J connectivity index is 3.19. The summed E-state index contributed by atoms with van der Waals surface area (Å²) in [6, 6.07) is 6.62. The number of halogens is 2. The first-order chi connectivity index (χ1) is 5.41. The van der Waals surface area contributed by atoms with Crippen molar-refractivity contribution in [3.8, 4) is 0 Å². The molecule has 0 bridgehead atoms. The zero-order valence-corrected chi connectivity index (χ0v) is 11.8. The first kappa shape index (κ1) is 10.8. The van der Waals surface area contributed by atoms with Crippen molar-refractivity contribution in [3.05, 3.63) is 30.9 Å². The normalized spacial score (nSPS) is 11.8. The minimum atomic E-state index is 0.265. The van der Waals surface area contributed by atoms with Gasteiger partial charge in [-0.1, -0.05) is 26.8 Å². The molecule has 0 fully saturated rings.